The van der Waals surface area contributed by atoms with E-state index in [0.717, 1.165) is 42.6 Å². The highest BCUT2D eigenvalue weighted by Gasteiger charge is 2.25. The Balaban J connectivity index is 1.62. The number of piperidine rings is 1. The number of hydrogen-bond donors (Lipinski definition) is 0. The highest BCUT2D eigenvalue weighted by molar-refractivity contribution is 6.10. The minimum atomic E-state index is -0.0873. The molecule has 0 aliphatic carbocycles. The van der Waals surface area contributed by atoms with Gasteiger partial charge in [0.05, 0.1) is 10.9 Å². The molecule has 3 aromatic carbocycles. The van der Waals surface area contributed by atoms with Gasteiger partial charge in [-0.1, -0.05) is 54.1 Å². The number of rotatable bonds is 6. The summed E-state index contributed by atoms with van der Waals surface area (Å²) in [4.78, 5) is 34.8. The van der Waals surface area contributed by atoms with Crippen LogP contribution in [0.3, 0.4) is 0 Å². The molecule has 4 aromatic rings. The number of fused-ring (bicyclic) bond motifs is 1. The predicted molar refractivity (Wildman–Crippen MR) is 150 cm³/mol. The van der Waals surface area contributed by atoms with Crippen molar-refractivity contribution in [1.82, 2.24) is 14.5 Å². The van der Waals surface area contributed by atoms with Crippen LogP contribution in [0, 0.1) is 19.8 Å². The Hall–Kier alpha value is -3.57. The summed E-state index contributed by atoms with van der Waals surface area (Å²) in [6, 6.07) is 21.4. The van der Waals surface area contributed by atoms with Crippen LogP contribution in [0.25, 0.3) is 22.3 Å². The SMILES string of the molecule is Cc1ccc(C(=O)c2ccc3nc(-c4ccccc4C)n(C[C@H]4CCCN(C(C)C)C4)c(=O)c3c2)cc1. The van der Waals surface area contributed by atoms with Gasteiger partial charge in [0.25, 0.3) is 5.56 Å². The van der Waals surface area contributed by atoms with Gasteiger partial charge in [-0.25, -0.2) is 4.98 Å². The molecule has 0 bridgehead atoms. The van der Waals surface area contributed by atoms with Crippen LogP contribution in [-0.4, -0.2) is 39.4 Å². The van der Waals surface area contributed by atoms with Crippen molar-refractivity contribution < 1.29 is 4.79 Å². The van der Waals surface area contributed by atoms with Crippen molar-refractivity contribution in [2.75, 3.05) is 13.1 Å². The highest BCUT2D eigenvalue weighted by atomic mass is 16.1. The van der Waals surface area contributed by atoms with Crippen LogP contribution in [0.2, 0.25) is 0 Å². The summed E-state index contributed by atoms with van der Waals surface area (Å²) in [7, 11) is 0. The van der Waals surface area contributed by atoms with Gasteiger partial charge in [0, 0.05) is 35.8 Å². The van der Waals surface area contributed by atoms with Crippen molar-refractivity contribution in [3.63, 3.8) is 0 Å². The lowest BCUT2D eigenvalue weighted by atomic mass is 9.96. The Labute approximate surface area is 218 Å². The molecule has 5 nitrogen and oxygen atoms in total. The molecule has 1 saturated heterocycles. The average Bonchev–Trinajstić information content (AvgIpc) is 2.90. The molecule has 0 spiro atoms. The molecular formula is C32H35N3O2. The zero-order chi connectivity index (χ0) is 26.1. The largest absolute Gasteiger partial charge is 0.301 e. The molecule has 0 saturated carbocycles. The first-order valence-corrected chi connectivity index (χ1v) is 13.3. The molecule has 0 amide bonds. The van der Waals surface area contributed by atoms with E-state index in [2.05, 4.69) is 31.7 Å². The molecule has 1 fully saturated rings. The summed E-state index contributed by atoms with van der Waals surface area (Å²) in [5.41, 5.74) is 4.82. The maximum atomic E-state index is 14.1. The van der Waals surface area contributed by atoms with Crippen molar-refractivity contribution in [1.29, 1.82) is 0 Å². The third-order valence-corrected chi connectivity index (χ3v) is 7.64. The van der Waals surface area contributed by atoms with Crippen molar-refractivity contribution in [3.05, 3.63) is 99.3 Å². The molecule has 0 radical (unpaired) electrons. The smallest absolute Gasteiger partial charge is 0.261 e. The zero-order valence-electron chi connectivity index (χ0n) is 22.2. The van der Waals surface area contributed by atoms with E-state index in [1.165, 1.54) is 0 Å². The van der Waals surface area contributed by atoms with Crippen molar-refractivity contribution >= 4 is 16.7 Å². The van der Waals surface area contributed by atoms with Crippen LogP contribution in [0.1, 0.15) is 53.7 Å². The van der Waals surface area contributed by atoms with Gasteiger partial charge in [-0.15, -0.1) is 0 Å². The second kappa shape index (κ2) is 10.4. The highest BCUT2D eigenvalue weighted by Crippen LogP contribution is 2.26. The Morgan fingerprint density at radius 2 is 1.73 bits per heavy atom. The van der Waals surface area contributed by atoms with Crippen LogP contribution in [-0.2, 0) is 6.54 Å². The fourth-order valence-corrected chi connectivity index (χ4v) is 5.41. The fraction of sp³-hybridized carbons (Fsp3) is 0.344. The maximum Gasteiger partial charge on any atom is 0.261 e. The first kappa shape index (κ1) is 25.1. The summed E-state index contributed by atoms with van der Waals surface area (Å²) in [6.45, 7) is 11.2. The number of nitrogens with zero attached hydrogens (tertiary/aromatic N) is 3. The molecule has 2 heterocycles. The lowest BCUT2D eigenvalue weighted by Gasteiger charge is -2.36. The monoisotopic (exact) mass is 493 g/mol. The first-order valence-electron chi connectivity index (χ1n) is 13.3. The van der Waals surface area contributed by atoms with Crippen LogP contribution >= 0.6 is 0 Å². The molecule has 1 aliphatic heterocycles. The fourth-order valence-electron chi connectivity index (χ4n) is 5.41. The maximum absolute atomic E-state index is 14.1. The Kier molecular flexibility index (Phi) is 7.07. The summed E-state index contributed by atoms with van der Waals surface area (Å²) < 4.78 is 1.86. The lowest BCUT2D eigenvalue weighted by Crippen LogP contribution is -2.42. The Morgan fingerprint density at radius 1 is 1.00 bits per heavy atom. The van der Waals surface area contributed by atoms with Crippen molar-refractivity contribution in [2.45, 2.75) is 53.1 Å². The quantitative estimate of drug-likeness (QED) is 0.308. The van der Waals surface area contributed by atoms with Crippen LogP contribution in [0.15, 0.2) is 71.5 Å². The second-order valence-corrected chi connectivity index (χ2v) is 10.7. The predicted octanol–water partition coefficient (Wildman–Crippen LogP) is 6.03. The van der Waals surface area contributed by atoms with E-state index in [-0.39, 0.29) is 11.3 Å². The topological polar surface area (TPSA) is 55.2 Å². The number of hydrogen-bond acceptors (Lipinski definition) is 4. The Bertz CT molecular complexity index is 1500. The third kappa shape index (κ3) is 5.14. The average molecular weight is 494 g/mol. The molecule has 1 aromatic heterocycles. The van der Waals surface area contributed by atoms with Crippen LogP contribution in [0.5, 0.6) is 0 Å². The van der Waals surface area contributed by atoms with Gasteiger partial charge in [-0.2, -0.15) is 0 Å². The molecule has 5 heteroatoms. The number of carbonyl (C=O) groups excluding carboxylic acids is 1. The molecular weight excluding hydrogens is 458 g/mol. The number of carbonyl (C=O) groups is 1. The molecule has 5 rings (SSSR count). The van der Waals surface area contributed by atoms with Gasteiger partial charge in [0.2, 0.25) is 0 Å². The van der Waals surface area contributed by atoms with E-state index in [1.54, 1.807) is 12.1 Å². The van der Waals surface area contributed by atoms with Gasteiger partial charge in [0.15, 0.2) is 5.78 Å². The Morgan fingerprint density at radius 3 is 2.46 bits per heavy atom. The van der Waals surface area contributed by atoms with E-state index >= 15 is 0 Å². The second-order valence-electron chi connectivity index (χ2n) is 10.7. The van der Waals surface area contributed by atoms with E-state index in [9.17, 15) is 9.59 Å². The molecule has 1 aliphatic rings. The zero-order valence-corrected chi connectivity index (χ0v) is 22.2. The normalized spacial score (nSPS) is 16.4. The minimum absolute atomic E-state index is 0.0801. The van der Waals surface area contributed by atoms with E-state index in [4.69, 9.17) is 4.98 Å². The van der Waals surface area contributed by atoms with E-state index in [0.29, 0.717) is 46.4 Å². The van der Waals surface area contributed by atoms with Gasteiger partial charge in [0.1, 0.15) is 5.82 Å². The van der Waals surface area contributed by atoms with E-state index < -0.39 is 0 Å². The molecule has 37 heavy (non-hydrogen) atoms. The summed E-state index contributed by atoms with van der Waals surface area (Å²) >= 11 is 0. The number of likely N-dealkylation sites (tertiary alicyclic amines) is 1. The van der Waals surface area contributed by atoms with E-state index in [1.807, 2.05) is 60.0 Å². The summed E-state index contributed by atoms with van der Waals surface area (Å²) in [6.07, 6.45) is 2.22. The standard InChI is InChI=1S/C32H35N3O2/c1-21(2)34-17-7-9-24(19-34)20-35-31(27-10-6-5-8-23(27)4)33-29-16-15-26(18-28(29)32(35)37)30(36)25-13-11-22(3)12-14-25/h5-6,8,10-16,18,21,24H,7,9,17,19-20H2,1-4H3/t24-/m0/s1. The van der Waals surface area contributed by atoms with Gasteiger partial charge in [-0.3, -0.25) is 14.2 Å². The third-order valence-electron chi connectivity index (χ3n) is 7.64. The summed E-state index contributed by atoms with van der Waals surface area (Å²) in [5, 5.41) is 0.492. The number of ketones is 1. The van der Waals surface area contributed by atoms with Gasteiger partial charge in [-0.05, 0) is 76.8 Å². The first-order chi connectivity index (χ1) is 17.8. The van der Waals surface area contributed by atoms with Crippen LogP contribution in [0.4, 0.5) is 0 Å². The van der Waals surface area contributed by atoms with Crippen molar-refractivity contribution in [2.24, 2.45) is 5.92 Å². The summed E-state index contributed by atoms with van der Waals surface area (Å²) in [5.74, 6) is 0.985. The van der Waals surface area contributed by atoms with Gasteiger partial charge < -0.3 is 4.90 Å². The molecule has 1 atom stereocenters. The number of benzene rings is 3. The van der Waals surface area contributed by atoms with Crippen molar-refractivity contribution in [3.8, 4) is 11.4 Å². The van der Waals surface area contributed by atoms with Crippen LogP contribution < -0.4 is 5.56 Å². The van der Waals surface area contributed by atoms with Gasteiger partial charge >= 0.3 is 0 Å². The lowest BCUT2D eigenvalue weighted by molar-refractivity contribution is 0.103. The molecule has 0 N–H and O–H groups in total. The molecule has 190 valence electrons. The molecule has 0 unspecified atom stereocenters. The number of aryl methyl sites for hydroxylation is 2. The number of aromatic nitrogens is 2. The minimum Gasteiger partial charge on any atom is -0.301 e.